The van der Waals surface area contributed by atoms with Gasteiger partial charge in [-0.15, -0.1) is 0 Å². The van der Waals surface area contributed by atoms with E-state index in [0.717, 1.165) is 6.07 Å². The van der Waals surface area contributed by atoms with Crippen molar-refractivity contribution in [2.75, 3.05) is 12.3 Å². The molecule has 0 aliphatic heterocycles. The summed E-state index contributed by atoms with van der Waals surface area (Å²) in [5.74, 6) is -1.17. The van der Waals surface area contributed by atoms with Crippen LogP contribution in [-0.2, 0) is 4.74 Å². The standard InChI is InChI=1S/C11H11FN4O2/c1-2-18-11(17)10-14-9(15-16-10)7-4-3-6(13)5-8(7)12/h3-5H,2,13H2,1H3,(H,14,15,16). The number of nitrogens with two attached hydrogens (primary N) is 1. The molecular weight excluding hydrogens is 239 g/mol. The van der Waals surface area contributed by atoms with Crippen molar-refractivity contribution in [3.8, 4) is 11.4 Å². The van der Waals surface area contributed by atoms with Crippen LogP contribution in [0.15, 0.2) is 18.2 Å². The van der Waals surface area contributed by atoms with Crippen LogP contribution in [0.3, 0.4) is 0 Å². The largest absolute Gasteiger partial charge is 0.460 e. The number of aromatic amines is 1. The summed E-state index contributed by atoms with van der Waals surface area (Å²) in [6, 6.07) is 4.14. The van der Waals surface area contributed by atoms with Crippen LogP contribution in [0.25, 0.3) is 11.4 Å². The first-order chi connectivity index (χ1) is 8.61. The van der Waals surface area contributed by atoms with Crippen LogP contribution >= 0.6 is 0 Å². The number of ether oxygens (including phenoxy) is 1. The van der Waals surface area contributed by atoms with E-state index in [2.05, 4.69) is 15.2 Å². The number of hydrogen-bond donors (Lipinski definition) is 2. The smallest absolute Gasteiger partial charge is 0.375 e. The van der Waals surface area contributed by atoms with Gasteiger partial charge < -0.3 is 10.5 Å². The molecule has 18 heavy (non-hydrogen) atoms. The van der Waals surface area contributed by atoms with Gasteiger partial charge in [-0.3, -0.25) is 5.10 Å². The second-order valence-electron chi connectivity index (χ2n) is 3.47. The van der Waals surface area contributed by atoms with Crippen molar-refractivity contribution < 1.29 is 13.9 Å². The third-order valence-electron chi connectivity index (χ3n) is 2.19. The fraction of sp³-hybridized carbons (Fsp3) is 0.182. The summed E-state index contributed by atoms with van der Waals surface area (Å²) in [5.41, 5.74) is 5.90. The van der Waals surface area contributed by atoms with E-state index in [9.17, 15) is 9.18 Å². The van der Waals surface area contributed by atoms with Crippen LogP contribution in [0, 0.1) is 5.82 Å². The molecule has 1 aromatic carbocycles. The van der Waals surface area contributed by atoms with Crippen LogP contribution in [0.2, 0.25) is 0 Å². The van der Waals surface area contributed by atoms with Crippen LogP contribution in [0.4, 0.5) is 10.1 Å². The molecule has 3 N–H and O–H groups in total. The Balaban J connectivity index is 2.32. The predicted octanol–water partition coefficient (Wildman–Crippen LogP) is 1.37. The topological polar surface area (TPSA) is 93.9 Å². The zero-order valence-electron chi connectivity index (χ0n) is 9.61. The Kier molecular flexibility index (Phi) is 3.22. The maximum Gasteiger partial charge on any atom is 0.375 e. The number of nitrogens with one attached hydrogen (secondary N) is 1. The highest BCUT2D eigenvalue weighted by Crippen LogP contribution is 2.21. The fourth-order valence-electron chi connectivity index (χ4n) is 1.39. The molecule has 0 amide bonds. The Labute approximate surface area is 102 Å². The van der Waals surface area contributed by atoms with Gasteiger partial charge in [0.2, 0.25) is 5.82 Å². The molecular formula is C11H11FN4O2. The number of esters is 1. The predicted molar refractivity (Wildman–Crippen MR) is 62.1 cm³/mol. The quantitative estimate of drug-likeness (QED) is 0.633. The first-order valence-electron chi connectivity index (χ1n) is 5.26. The molecule has 0 spiro atoms. The van der Waals surface area contributed by atoms with Crippen molar-refractivity contribution in [2.45, 2.75) is 6.92 Å². The van der Waals surface area contributed by atoms with E-state index in [4.69, 9.17) is 10.5 Å². The summed E-state index contributed by atoms with van der Waals surface area (Å²) in [4.78, 5) is 15.2. The Bertz CT molecular complexity index is 582. The summed E-state index contributed by atoms with van der Waals surface area (Å²) in [7, 11) is 0. The lowest BCUT2D eigenvalue weighted by Crippen LogP contribution is -2.06. The molecule has 0 radical (unpaired) electrons. The van der Waals surface area contributed by atoms with Crippen molar-refractivity contribution in [1.82, 2.24) is 15.2 Å². The number of halogens is 1. The van der Waals surface area contributed by atoms with Gasteiger partial charge in [0.1, 0.15) is 5.82 Å². The number of H-pyrrole nitrogens is 1. The molecule has 0 bridgehead atoms. The van der Waals surface area contributed by atoms with Crippen LogP contribution in [-0.4, -0.2) is 27.8 Å². The zero-order chi connectivity index (χ0) is 13.1. The van der Waals surface area contributed by atoms with Crippen LogP contribution in [0.5, 0.6) is 0 Å². The van der Waals surface area contributed by atoms with E-state index >= 15 is 0 Å². The molecule has 0 fully saturated rings. The average molecular weight is 250 g/mol. The summed E-state index contributed by atoms with van der Waals surface area (Å²) in [6.07, 6.45) is 0. The number of aromatic nitrogens is 3. The first kappa shape index (κ1) is 12.0. The monoisotopic (exact) mass is 250 g/mol. The van der Waals surface area contributed by atoms with E-state index < -0.39 is 11.8 Å². The van der Waals surface area contributed by atoms with Gasteiger partial charge in [0, 0.05) is 5.69 Å². The minimum Gasteiger partial charge on any atom is -0.460 e. The van der Waals surface area contributed by atoms with Crippen molar-refractivity contribution in [3.05, 3.63) is 29.8 Å². The Morgan fingerprint density at radius 2 is 2.33 bits per heavy atom. The molecule has 0 aliphatic carbocycles. The molecule has 0 aliphatic rings. The highest BCUT2D eigenvalue weighted by molar-refractivity contribution is 5.85. The molecule has 0 saturated carbocycles. The lowest BCUT2D eigenvalue weighted by molar-refractivity contribution is 0.0512. The Morgan fingerprint density at radius 3 is 3.00 bits per heavy atom. The van der Waals surface area contributed by atoms with Gasteiger partial charge >= 0.3 is 5.97 Å². The number of hydrogen-bond acceptors (Lipinski definition) is 5. The SMILES string of the molecule is CCOC(=O)c1nc(-c2ccc(N)cc2F)n[nH]1. The van der Waals surface area contributed by atoms with E-state index in [1.165, 1.54) is 12.1 Å². The number of benzene rings is 1. The van der Waals surface area contributed by atoms with Crippen molar-refractivity contribution in [3.63, 3.8) is 0 Å². The van der Waals surface area contributed by atoms with Gasteiger partial charge in [-0.2, -0.15) is 5.10 Å². The molecule has 1 heterocycles. The summed E-state index contributed by atoms with van der Waals surface area (Å²) in [5, 5.41) is 6.16. The second kappa shape index (κ2) is 4.82. The van der Waals surface area contributed by atoms with Gasteiger partial charge in [-0.1, -0.05) is 0 Å². The fourth-order valence-corrected chi connectivity index (χ4v) is 1.39. The highest BCUT2D eigenvalue weighted by atomic mass is 19.1. The Morgan fingerprint density at radius 1 is 1.56 bits per heavy atom. The van der Waals surface area contributed by atoms with E-state index in [-0.39, 0.29) is 23.8 Å². The van der Waals surface area contributed by atoms with Crippen LogP contribution in [0.1, 0.15) is 17.5 Å². The van der Waals surface area contributed by atoms with Gasteiger partial charge in [0.15, 0.2) is 5.82 Å². The lowest BCUT2D eigenvalue weighted by Gasteiger charge is -1.99. The number of rotatable bonds is 3. The highest BCUT2D eigenvalue weighted by Gasteiger charge is 2.16. The number of anilines is 1. The number of nitrogen functional groups attached to an aromatic ring is 1. The second-order valence-corrected chi connectivity index (χ2v) is 3.47. The molecule has 1 aromatic heterocycles. The molecule has 0 atom stereocenters. The average Bonchev–Trinajstić information content (AvgIpc) is 2.78. The number of nitrogens with zero attached hydrogens (tertiary/aromatic N) is 2. The van der Waals surface area contributed by atoms with Gasteiger partial charge in [0.25, 0.3) is 0 Å². The molecule has 2 aromatic rings. The molecule has 0 unspecified atom stereocenters. The Hall–Kier alpha value is -2.44. The molecule has 6 nitrogen and oxygen atoms in total. The lowest BCUT2D eigenvalue weighted by atomic mass is 10.2. The maximum atomic E-state index is 13.6. The summed E-state index contributed by atoms with van der Waals surface area (Å²) >= 11 is 0. The molecule has 7 heteroatoms. The van der Waals surface area contributed by atoms with Crippen molar-refractivity contribution in [2.24, 2.45) is 0 Å². The van der Waals surface area contributed by atoms with E-state index in [0.29, 0.717) is 5.69 Å². The minimum absolute atomic E-state index is 0.0666. The third-order valence-corrected chi connectivity index (χ3v) is 2.19. The summed E-state index contributed by atoms with van der Waals surface area (Å²) < 4.78 is 18.3. The van der Waals surface area contributed by atoms with Gasteiger partial charge in [0.05, 0.1) is 12.2 Å². The molecule has 2 rings (SSSR count). The normalized spacial score (nSPS) is 10.3. The van der Waals surface area contributed by atoms with E-state index in [1.807, 2.05) is 0 Å². The number of carbonyl (C=O) groups excluding carboxylic acids is 1. The molecule has 0 saturated heterocycles. The van der Waals surface area contributed by atoms with Crippen molar-refractivity contribution >= 4 is 11.7 Å². The molecule has 94 valence electrons. The minimum atomic E-state index is -0.632. The number of carbonyl (C=O) groups is 1. The van der Waals surface area contributed by atoms with Gasteiger partial charge in [-0.25, -0.2) is 14.2 Å². The van der Waals surface area contributed by atoms with Gasteiger partial charge in [-0.05, 0) is 25.1 Å². The first-order valence-corrected chi connectivity index (χ1v) is 5.26. The van der Waals surface area contributed by atoms with Crippen LogP contribution < -0.4 is 5.73 Å². The zero-order valence-corrected chi connectivity index (χ0v) is 9.61. The van der Waals surface area contributed by atoms with E-state index in [1.54, 1.807) is 6.92 Å². The summed E-state index contributed by atoms with van der Waals surface area (Å²) in [6.45, 7) is 1.90. The maximum absolute atomic E-state index is 13.6. The van der Waals surface area contributed by atoms with Crippen molar-refractivity contribution in [1.29, 1.82) is 0 Å². The third kappa shape index (κ3) is 2.29.